The first-order chi connectivity index (χ1) is 8.24. The first-order valence-corrected chi connectivity index (χ1v) is 5.27. The molecule has 1 atom stereocenters. The van der Waals surface area contributed by atoms with E-state index < -0.39 is 11.9 Å². The third kappa shape index (κ3) is 2.41. The van der Waals surface area contributed by atoms with Gasteiger partial charge in [-0.3, -0.25) is 15.8 Å². The van der Waals surface area contributed by atoms with Crippen LogP contribution in [0, 0.1) is 5.82 Å². The maximum atomic E-state index is 13.6. The van der Waals surface area contributed by atoms with Crippen LogP contribution in [0.1, 0.15) is 17.3 Å². The molecule has 0 aromatic carbocycles. The van der Waals surface area contributed by atoms with E-state index in [0.717, 1.165) is 6.20 Å². The molecule has 0 saturated heterocycles. The molecule has 1 unspecified atom stereocenters. The Morgan fingerprint density at radius 1 is 1.35 bits per heavy atom. The second-order valence-corrected chi connectivity index (χ2v) is 3.77. The molecular weight excluding hydrogens is 243 g/mol. The van der Waals surface area contributed by atoms with Crippen LogP contribution in [0.3, 0.4) is 0 Å². The minimum absolute atomic E-state index is 0.350. The van der Waals surface area contributed by atoms with E-state index >= 15 is 0 Å². The summed E-state index contributed by atoms with van der Waals surface area (Å²) in [4.78, 5) is 7.79. The zero-order valence-electron chi connectivity index (χ0n) is 8.77. The van der Waals surface area contributed by atoms with E-state index in [0.29, 0.717) is 16.3 Å². The zero-order chi connectivity index (χ0) is 12.3. The van der Waals surface area contributed by atoms with Crippen LogP contribution in [0.5, 0.6) is 0 Å². The Kier molecular flexibility index (Phi) is 3.63. The molecule has 2 rings (SSSR count). The van der Waals surface area contributed by atoms with E-state index in [2.05, 4.69) is 15.4 Å². The highest BCUT2D eigenvalue weighted by Gasteiger charge is 2.19. The summed E-state index contributed by atoms with van der Waals surface area (Å²) in [5.41, 5.74) is 3.33. The average molecular weight is 253 g/mol. The van der Waals surface area contributed by atoms with Crippen LogP contribution in [0.4, 0.5) is 4.39 Å². The van der Waals surface area contributed by atoms with E-state index in [9.17, 15) is 4.39 Å². The molecule has 4 nitrogen and oxygen atoms in total. The number of nitrogens with two attached hydrogens (primary N) is 1. The summed E-state index contributed by atoms with van der Waals surface area (Å²) in [6.45, 7) is 0. The molecule has 3 N–H and O–H groups in total. The number of nitrogens with one attached hydrogen (secondary N) is 1. The van der Waals surface area contributed by atoms with Gasteiger partial charge in [0.25, 0.3) is 0 Å². The molecule has 0 aliphatic heterocycles. The number of rotatable bonds is 3. The quantitative estimate of drug-likeness (QED) is 0.646. The van der Waals surface area contributed by atoms with Gasteiger partial charge in [0, 0.05) is 18.0 Å². The Labute approximate surface area is 103 Å². The minimum Gasteiger partial charge on any atom is -0.271 e. The van der Waals surface area contributed by atoms with Gasteiger partial charge < -0.3 is 0 Å². The molecule has 2 aromatic heterocycles. The number of nitrogens with zero attached hydrogens (tertiary/aromatic N) is 2. The third-order valence-corrected chi connectivity index (χ3v) is 2.66. The van der Waals surface area contributed by atoms with Crippen molar-refractivity contribution < 1.29 is 4.39 Å². The van der Waals surface area contributed by atoms with Crippen LogP contribution in [0.2, 0.25) is 5.02 Å². The number of pyridine rings is 2. The third-order valence-electron chi connectivity index (χ3n) is 2.34. The van der Waals surface area contributed by atoms with Crippen LogP contribution < -0.4 is 11.3 Å². The molecule has 0 aliphatic rings. The van der Waals surface area contributed by atoms with Gasteiger partial charge in [0.2, 0.25) is 0 Å². The molecule has 17 heavy (non-hydrogen) atoms. The van der Waals surface area contributed by atoms with Gasteiger partial charge in [-0.15, -0.1) is 0 Å². The summed E-state index contributed by atoms with van der Waals surface area (Å²) in [7, 11) is 0. The Balaban J connectivity index is 2.48. The van der Waals surface area contributed by atoms with Crippen LogP contribution in [-0.4, -0.2) is 9.97 Å². The van der Waals surface area contributed by atoms with E-state index in [1.807, 2.05) is 0 Å². The summed E-state index contributed by atoms with van der Waals surface area (Å²) in [5.74, 6) is 4.98. The lowest BCUT2D eigenvalue weighted by molar-refractivity contribution is 0.549. The molecular formula is C11H10ClFN4. The standard InChI is InChI=1S/C11H10ClFN4/c12-8-2-1-4-16-11(8)10(17-14)7-3-5-15-6-9(7)13/h1-6,10,17H,14H2. The molecule has 2 heterocycles. The summed E-state index contributed by atoms with van der Waals surface area (Å²) in [6.07, 6.45) is 4.18. The summed E-state index contributed by atoms with van der Waals surface area (Å²) < 4.78 is 13.6. The van der Waals surface area contributed by atoms with Gasteiger partial charge in [-0.1, -0.05) is 11.6 Å². The highest BCUT2D eigenvalue weighted by atomic mass is 35.5. The highest BCUT2D eigenvalue weighted by Crippen LogP contribution is 2.26. The maximum absolute atomic E-state index is 13.6. The lowest BCUT2D eigenvalue weighted by atomic mass is 10.0. The van der Waals surface area contributed by atoms with Gasteiger partial charge in [-0.05, 0) is 18.2 Å². The SMILES string of the molecule is NNC(c1ccncc1F)c1ncccc1Cl. The smallest absolute Gasteiger partial charge is 0.146 e. The van der Waals surface area contributed by atoms with Crippen LogP contribution in [0.25, 0.3) is 0 Å². The summed E-state index contributed by atoms with van der Waals surface area (Å²) in [5, 5.41) is 0.423. The second kappa shape index (κ2) is 5.18. The van der Waals surface area contributed by atoms with E-state index in [-0.39, 0.29) is 0 Å². The van der Waals surface area contributed by atoms with Crippen molar-refractivity contribution in [1.82, 2.24) is 15.4 Å². The fraction of sp³-hybridized carbons (Fsp3) is 0.0909. The molecule has 88 valence electrons. The fourth-order valence-electron chi connectivity index (χ4n) is 1.55. The summed E-state index contributed by atoms with van der Waals surface area (Å²) in [6, 6.07) is 4.30. The second-order valence-electron chi connectivity index (χ2n) is 3.37. The van der Waals surface area contributed by atoms with Crippen molar-refractivity contribution in [2.45, 2.75) is 6.04 Å². The first-order valence-electron chi connectivity index (χ1n) is 4.90. The van der Waals surface area contributed by atoms with Crippen LogP contribution >= 0.6 is 11.6 Å². The molecule has 0 spiro atoms. The van der Waals surface area contributed by atoms with Crippen molar-refractivity contribution in [2.24, 2.45) is 5.84 Å². The topological polar surface area (TPSA) is 63.8 Å². The van der Waals surface area contributed by atoms with Crippen molar-refractivity contribution in [3.8, 4) is 0 Å². The molecule has 0 saturated carbocycles. The van der Waals surface area contributed by atoms with E-state index in [1.165, 1.54) is 12.3 Å². The minimum atomic E-state index is -0.605. The molecule has 0 aliphatic carbocycles. The Bertz CT molecular complexity index is 475. The number of hydrogen-bond donors (Lipinski definition) is 2. The van der Waals surface area contributed by atoms with Gasteiger partial charge >= 0.3 is 0 Å². The first kappa shape index (κ1) is 11.9. The van der Waals surface area contributed by atoms with Gasteiger partial charge in [-0.25, -0.2) is 9.82 Å². The molecule has 6 heteroatoms. The molecule has 2 aromatic rings. The van der Waals surface area contributed by atoms with Gasteiger partial charge in [0.05, 0.1) is 23.0 Å². The highest BCUT2D eigenvalue weighted by molar-refractivity contribution is 6.31. The van der Waals surface area contributed by atoms with Crippen molar-refractivity contribution in [3.05, 3.63) is 58.9 Å². The van der Waals surface area contributed by atoms with Crippen molar-refractivity contribution in [3.63, 3.8) is 0 Å². The number of halogens is 2. The lowest BCUT2D eigenvalue weighted by Gasteiger charge is -2.17. The predicted molar refractivity (Wildman–Crippen MR) is 62.6 cm³/mol. The Morgan fingerprint density at radius 2 is 2.18 bits per heavy atom. The van der Waals surface area contributed by atoms with Crippen LogP contribution in [-0.2, 0) is 0 Å². The number of aromatic nitrogens is 2. The number of hydrazine groups is 1. The fourth-order valence-corrected chi connectivity index (χ4v) is 1.78. The zero-order valence-corrected chi connectivity index (χ0v) is 9.53. The van der Waals surface area contributed by atoms with Gasteiger partial charge in [-0.2, -0.15) is 0 Å². The normalized spacial score (nSPS) is 12.4. The van der Waals surface area contributed by atoms with E-state index in [4.69, 9.17) is 17.4 Å². The monoisotopic (exact) mass is 252 g/mol. The predicted octanol–water partition coefficient (Wildman–Crippen LogP) is 1.82. The van der Waals surface area contributed by atoms with Gasteiger partial charge in [0.15, 0.2) is 0 Å². The molecule has 0 fully saturated rings. The number of hydrogen-bond acceptors (Lipinski definition) is 4. The average Bonchev–Trinajstić information content (AvgIpc) is 2.34. The lowest BCUT2D eigenvalue weighted by Crippen LogP contribution is -2.30. The van der Waals surface area contributed by atoms with Crippen molar-refractivity contribution in [2.75, 3.05) is 0 Å². The Morgan fingerprint density at radius 3 is 2.82 bits per heavy atom. The van der Waals surface area contributed by atoms with E-state index in [1.54, 1.807) is 18.3 Å². The molecule has 0 bridgehead atoms. The van der Waals surface area contributed by atoms with Crippen molar-refractivity contribution >= 4 is 11.6 Å². The van der Waals surface area contributed by atoms with Gasteiger partial charge in [0.1, 0.15) is 5.82 Å². The van der Waals surface area contributed by atoms with Crippen molar-refractivity contribution in [1.29, 1.82) is 0 Å². The molecule has 0 radical (unpaired) electrons. The maximum Gasteiger partial charge on any atom is 0.146 e. The summed E-state index contributed by atoms with van der Waals surface area (Å²) >= 11 is 6.00. The van der Waals surface area contributed by atoms with Crippen LogP contribution in [0.15, 0.2) is 36.8 Å². The Hall–Kier alpha value is -1.56. The largest absolute Gasteiger partial charge is 0.271 e. The molecule has 0 amide bonds.